The Kier molecular flexibility index (Phi) is 6.32. The van der Waals surface area contributed by atoms with Crippen LogP contribution in [-0.4, -0.2) is 54.0 Å². The summed E-state index contributed by atoms with van der Waals surface area (Å²) in [7, 11) is 0. The lowest BCUT2D eigenvalue weighted by molar-refractivity contribution is -0.151. The van der Waals surface area contributed by atoms with E-state index in [-0.39, 0.29) is 0 Å². The Balaban J connectivity index is 1.70. The molecule has 0 aliphatic carbocycles. The molecule has 2 N–H and O–H groups in total. The van der Waals surface area contributed by atoms with Crippen molar-refractivity contribution in [1.82, 2.24) is 15.5 Å². The van der Waals surface area contributed by atoms with E-state index in [0.29, 0.717) is 19.4 Å². The summed E-state index contributed by atoms with van der Waals surface area (Å²) in [5, 5.41) is 5.19. The molecule has 1 aliphatic rings. The number of benzene rings is 1. The average molecular weight is 361 g/mol. The molecular weight excluding hydrogens is 338 g/mol. The Labute approximate surface area is 151 Å². The maximum Gasteiger partial charge on any atom is 0.326 e. The molecule has 1 aromatic carbocycles. The quantitative estimate of drug-likeness (QED) is 0.521. The second-order valence-electron chi connectivity index (χ2n) is 6.25. The van der Waals surface area contributed by atoms with Crippen LogP contribution in [0, 0.1) is 0 Å². The molecule has 26 heavy (non-hydrogen) atoms. The van der Waals surface area contributed by atoms with Crippen molar-refractivity contribution in [1.29, 1.82) is 0 Å². The molecule has 1 aromatic rings. The first-order chi connectivity index (χ1) is 12.4. The highest BCUT2D eigenvalue weighted by atomic mass is 16.5. The molecule has 1 fully saturated rings. The lowest BCUT2D eigenvalue weighted by Crippen LogP contribution is -2.43. The number of urea groups is 1. The zero-order valence-corrected chi connectivity index (χ0v) is 14.9. The van der Waals surface area contributed by atoms with E-state index in [1.807, 2.05) is 30.3 Å². The van der Waals surface area contributed by atoms with E-state index in [2.05, 4.69) is 10.6 Å². The molecule has 0 bridgehead atoms. The molecule has 1 atom stereocenters. The van der Waals surface area contributed by atoms with E-state index in [9.17, 15) is 19.2 Å². The molecule has 0 saturated carbocycles. The van der Waals surface area contributed by atoms with Crippen LogP contribution in [0.4, 0.5) is 4.79 Å². The first-order valence-corrected chi connectivity index (χ1v) is 8.46. The van der Waals surface area contributed by atoms with E-state index >= 15 is 0 Å². The summed E-state index contributed by atoms with van der Waals surface area (Å²) in [5.74, 6) is -1.73. The van der Waals surface area contributed by atoms with Gasteiger partial charge in [-0.1, -0.05) is 37.3 Å². The summed E-state index contributed by atoms with van der Waals surface area (Å²) in [6, 6.07) is 9.01. The van der Waals surface area contributed by atoms with Crippen LogP contribution >= 0.6 is 0 Å². The summed E-state index contributed by atoms with van der Waals surface area (Å²) in [5.41, 5.74) is 0.0777. The molecule has 1 saturated heterocycles. The largest absolute Gasteiger partial charge is 0.454 e. The summed E-state index contributed by atoms with van der Waals surface area (Å²) in [6.07, 6.45) is 1.07. The van der Waals surface area contributed by atoms with E-state index in [0.717, 1.165) is 10.5 Å². The number of hydrogen-bond acceptors (Lipinski definition) is 5. The monoisotopic (exact) mass is 361 g/mol. The molecule has 0 spiro atoms. The van der Waals surface area contributed by atoms with Gasteiger partial charge in [0.15, 0.2) is 6.61 Å². The number of hydrogen-bond donors (Lipinski definition) is 2. The second kappa shape index (κ2) is 8.46. The highest BCUT2D eigenvalue weighted by Crippen LogP contribution is 2.20. The predicted molar refractivity (Wildman–Crippen MR) is 93.1 cm³/mol. The normalized spacial score (nSPS) is 19.2. The fourth-order valence-corrected chi connectivity index (χ4v) is 2.49. The van der Waals surface area contributed by atoms with Crippen molar-refractivity contribution >= 4 is 23.8 Å². The number of rotatable bonds is 8. The van der Waals surface area contributed by atoms with E-state index in [4.69, 9.17) is 4.74 Å². The molecule has 8 nitrogen and oxygen atoms in total. The van der Waals surface area contributed by atoms with Crippen LogP contribution in [0.2, 0.25) is 0 Å². The average Bonchev–Trinajstić information content (AvgIpc) is 2.84. The topological polar surface area (TPSA) is 105 Å². The van der Waals surface area contributed by atoms with Crippen molar-refractivity contribution in [3.8, 4) is 0 Å². The summed E-state index contributed by atoms with van der Waals surface area (Å²) in [4.78, 5) is 48.3. The molecule has 8 heteroatoms. The van der Waals surface area contributed by atoms with Crippen molar-refractivity contribution in [2.45, 2.75) is 32.2 Å². The van der Waals surface area contributed by atoms with Gasteiger partial charge in [0.2, 0.25) is 0 Å². The highest BCUT2D eigenvalue weighted by Gasteiger charge is 2.47. The van der Waals surface area contributed by atoms with Gasteiger partial charge in [-0.25, -0.2) is 4.79 Å². The first-order valence-electron chi connectivity index (χ1n) is 8.46. The zero-order chi connectivity index (χ0) is 19.2. The molecule has 1 unspecified atom stereocenters. The number of nitrogens with one attached hydrogen (secondary N) is 2. The number of ether oxygens (including phenoxy) is 1. The Morgan fingerprint density at radius 1 is 1.23 bits per heavy atom. The van der Waals surface area contributed by atoms with Crippen molar-refractivity contribution in [3.63, 3.8) is 0 Å². The SMILES string of the molecule is CCC1(C)NC(=O)N(CC(=O)OCC(=O)NCCc2ccccc2)C1=O. The minimum atomic E-state index is -1.01. The van der Waals surface area contributed by atoms with Crippen molar-refractivity contribution in [3.05, 3.63) is 35.9 Å². The fourth-order valence-electron chi connectivity index (χ4n) is 2.49. The molecular formula is C18H23N3O5. The Morgan fingerprint density at radius 2 is 1.92 bits per heavy atom. The minimum Gasteiger partial charge on any atom is -0.454 e. The molecule has 1 aliphatic heterocycles. The lowest BCUT2D eigenvalue weighted by Gasteiger charge is -2.18. The Hall–Kier alpha value is -2.90. The maximum atomic E-state index is 12.2. The number of nitrogens with zero attached hydrogens (tertiary/aromatic N) is 1. The van der Waals surface area contributed by atoms with Crippen LogP contribution in [0.15, 0.2) is 30.3 Å². The molecule has 140 valence electrons. The van der Waals surface area contributed by atoms with Gasteiger partial charge in [-0.05, 0) is 25.3 Å². The third-order valence-corrected chi connectivity index (χ3v) is 4.28. The van der Waals surface area contributed by atoms with Gasteiger partial charge >= 0.3 is 12.0 Å². The smallest absolute Gasteiger partial charge is 0.326 e. The van der Waals surface area contributed by atoms with Crippen LogP contribution < -0.4 is 10.6 Å². The number of carbonyl (C=O) groups excluding carboxylic acids is 4. The highest BCUT2D eigenvalue weighted by molar-refractivity contribution is 6.08. The van der Waals surface area contributed by atoms with Gasteiger partial charge in [0, 0.05) is 6.54 Å². The van der Waals surface area contributed by atoms with Crippen LogP contribution in [0.3, 0.4) is 0 Å². The van der Waals surface area contributed by atoms with Crippen LogP contribution in [-0.2, 0) is 25.5 Å². The van der Waals surface area contributed by atoms with Crippen molar-refractivity contribution in [2.75, 3.05) is 19.7 Å². The van der Waals surface area contributed by atoms with Gasteiger partial charge < -0.3 is 15.4 Å². The molecule has 1 heterocycles. The van der Waals surface area contributed by atoms with E-state index in [1.54, 1.807) is 13.8 Å². The fraction of sp³-hybridized carbons (Fsp3) is 0.444. The third kappa shape index (κ3) is 4.81. The molecule has 0 radical (unpaired) electrons. The second-order valence-corrected chi connectivity index (χ2v) is 6.25. The van der Waals surface area contributed by atoms with Gasteiger partial charge in [-0.3, -0.25) is 19.3 Å². The molecule has 4 amide bonds. The number of imide groups is 1. The van der Waals surface area contributed by atoms with Crippen molar-refractivity contribution < 1.29 is 23.9 Å². The zero-order valence-electron chi connectivity index (χ0n) is 14.9. The predicted octanol–water partition coefficient (Wildman–Crippen LogP) is 0.609. The third-order valence-electron chi connectivity index (χ3n) is 4.28. The molecule has 0 aromatic heterocycles. The number of amides is 4. The van der Waals surface area contributed by atoms with E-state index in [1.165, 1.54) is 0 Å². The first kappa shape index (κ1) is 19.4. The minimum absolute atomic E-state index is 0.410. The molecule has 2 rings (SSSR count). The Morgan fingerprint density at radius 3 is 2.54 bits per heavy atom. The number of carbonyl (C=O) groups is 4. The summed E-state index contributed by atoms with van der Waals surface area (Å²) in [6.45, 7) is 2.81. The Bertz CT molecular complexity index is 691. The van der Waals surface area contributed by atoms with Gasteiger partial charge in [0.25, 0.3) is 11.8 Å². The van der Waals surface area contributed by atoms with Gasteiger partial charge in [-0.2, -0.15) is 0 Å². The van der Waals surface area contributed by atoms with Crippen LogP contribution in [0.1, 0.15) is 25.8 Å². The van der Waals surface area contributed by atoms with Crippen LogP contribution in [0.5, 0.6) is 0 Å². The lowest BCUT2D eigenvalue weighted by atomic mass is 9.99. The van der Waals surface area contributed by atoms with Crippen molar-refractivity contribution in [2.24, 2.45) is 0 Å². The van der Waals surface area contributed by atoms with Gasteiger partial charge in [0.1, 0.15) is 12.1 Å². The number of esters is 1. The summed E-state index contributed by atoms with van der Waals surface area (Å²) < 4.78 is 4.84. The van der Waals surface area contributed by atoms with Crippen LogP contribution in [0.25, 0.3) is 0 Å². The van der Waals surface area contributed by atoms with Gasteiger partial charge in [0.05, 0.1) is 0 Å². The van der Waals surface area contributed by atoms with Gasteiger partial charge in [-0.15, -0.1) is 0 Å². The maximum absolute atomic E-state index is 12.2. The van der Waals surface area contributed by atoms with E-state index < -0.39 is 42.5 Å². The standard InChI is InChI=1S/C18H23N3O5/c1-3-18(2)16(24)21(17(25)20-18)11-15(23)26-12-14(22)19-10-9-13-7-5-4-6-8-13/h4-8H,3,9-12H2,1-2H3,(H,19,22)(H,20,25). The summed E-state index contributed by atoms with van der Waals surface area (Å²) >= 11 is 0.